The lowest BCUT2D eigenvalue weighted by Crippen LogP contribution is -2.42. The summed E-state index contributed by atoms with van der Waals surface area (Å²) in [6, 6.07) is 13.8. The Labute approximate surface area is 154 Å². The Balaban J connectivity index is 1.76. The van der Waals surface area contributed by atoms with Crippen molar-refractivity contribution in [1.29, 1.82) is 0 Å². The van der Waals surface area contributed by atoms with E-state index in [1.54, 1.807) is 21.3 Å². The molecule has 138 valence electrons. The molecule has 2 N–H and O–H groups in total. The first-order valence-electron chi connectivity index (χ1n) is 8.61. The van der Waals surface area contributed by atoms with Gasteiger partial charge in [-0.15, -0.1) is 0 Å². The standard InChI is InChI=1S/C20H25N3O3/c1-24-15-6-4-14(5-7-15)13-23-20-19(21-10-11-22-20)17-9-8-16(25-2)12-18(17)26-3/h4-9,12,19,21H,10-11,13H2,1-3H3,(H,22,23). The first-order valence-corrected chi connectivity index (χ1v) is 8.61. The van der Waals surface area contributed by atoms with Gasteiger partial charge in [0.2, 0.25) is 0 Å². The molecule has 0 aromatic heterocycles. The molecule has 0 saturated heterocycles. The van der Waals surface area contributed by atoms with Crippen LogP contribution in [0.25, 0.3) is 0 Å². The van der Waals surface area contributed by atoms with Crippen LogP contribution >= 0.6 is 0 Å². The first kappa shape index (κ1) is 18.1. The van der Waals surface area contributed by atoms with E-state index in [1.165, 1.54) is 5.56 Å². The van der Waals surface area contributed by atoms with Crippen LogP contribution in [0.2, 0.25) is 0 Å². The second kappa shape index (κ2) is 8.58. The largest absolute Gasteiger partial charge is 0.497 e. The van der Waals surface area contributed by atoms with Crippen molar-refractivity contribution in [2.24, 2.45) is 4.99 Å². The summed E-state index contributed by atoms with van der Waals surface area (Å²) < 4.78 is 16.1. The predicted molar refractivity (Wildman–Crippen MR) is 102 cm³/mol. The molecule has 1 atom stereocenters. The van der Waals surface area contributed by atoms with Crippen LogP contribution in [0.3, 0.4) is 0 Å². The number of methoxy groups -OCH3 is 3. The van der Waals surface area contributed by atoms with Gasteiger partial charge in [0.15, 0.2) is 0 Å². The summed E-state index contributed by atoms with van der Waals surface area (Å²) in [5, 5.41) is 6.98. The number of nitrogens with one attached hydrogen (secondary N) is 2. The molecule has 2 aromatic rings. The number of amidine groups is 1. The molecule has 1 heterocycles. The highest BCUT2D eigenvalue weighted by molar-refractivity contribution is 5.89. The maximum atomic E-state index is 5.56. The molecule has 0 saturated carbocycles. The Morgan fingerprint density at radius 2 is 1.73 bits per heavy atom. The van der Waals surface area contributed by atoms with Gasteiger partial charge in [-0.05, 0) is 29.8 Å². The molecule has 1 aliphatic rings. The van der Waals surface area contributed by atoms with E-state index in [4.69, 9.17) is 14.2 Å². The summed E-state index contributed by atoms with van der Waals surface area (Å²) in [6.45, 7) is 2.27. The fourth-order valence-electron chi connectivity index (χ4n) is 2.98. The Hall–Kier alpha value is -2.73. The summed E-state index contributed by atoms with van der Waals surface area (Å²) >= 11 is 0. The topological polar surface area (TPSA) is 64.1 Å². The smallest absolute Gasteiger partial charge is 0.127 e. The zero-order valence-electron chi connectivity index (χ0n) is 15.4. The zero-order chi connectivity index (χ0) is 18.4. The van der Waals surface area contributed by atoms with Crippen molar-refractivity contribution in [1.82, 2.24) is 10.6 Å². The van der Waals surface area contributed by atoms with Gasteiger partial charge in [0, 0.05) is 24.7 Å². The summed E-state index contributed by atoms with van der Waals surface area (Å²) in [4.78, 5) is 4.69. The Kier molecular flexibility index (Phi) is 5.96. The highest BCUT2D eigenvalue weighted by Crippen LogP contribution is 2.30. The summed E-state index contributed by atoms with van der Waals surface area (Å²) in [7, 11) is 4.99. The van der Waals surface area contributed by atoms with E-state index in [9.17, 15) is 0 Å². The Bertz CT molecular complexity index is 759. The number of benzene rings is 2. The average molecular weight is 355 g/mol. The number of nitrogens with zero attached hydrogens (tertiary/aromatic N) is 1. The fraction of sp³-hybridized carbons (Fsp3) is 0.350. The van der Waals surface area contributed by atoms with E-state index in [1.807, 2.05) is 42.5 Å². The minimum absolute atomic E-state index is 0.0390. The summed E-state index contributed by atoms with van der Waals surface area (Å²) in [5.74, 6) is 3.32. The molecule has 1 unspecified atom stereocenters. The van der Waals surface area contributed by atoms with Crippen LogP contribution in [-0.4, -0.2) is 40.3 Å². The van der Waals surface area contributed by atoms with Gasteiger partial charge < -0.3 is 24.8 Å². The van der Waals surface area contributed by atoms with Gasteiger partial charge in [-0.2, -0.15) is 0 Å². The van der Waals surface area contributed by atoms with Crippen molar-refractivity contribution in [2.45, 2.75) is 12.6 Å². The van der Waals surface area contributed by atoms with E-state index in [0.717, 1.165) is 41.7 Å². The van der Waals surface area contributed by atoms with Crippen LogP contribution < -0.4 is 24.8 Å². The number of aliphatic imine (C=N–C) groups is 1. The molecule has 0 spiro atoms. The predicted octanol–water partition coefficient (Wildman–Crippen LogP) is 2.55. The molecule has 3 rings (SSSR count). The van der Waals surface area contributed by atoms with Gasteiger partial charge in [0.05, 0.1) is 33.9 Å². The molecule has 1 aliphatic heterocycles. The van der Waals surface area contributed by atoms with E-state index >= 15 is 0 Å². The zero-order valence-corrected chi connectivity index (χ0v) is 15.4. The Morgan fingerprint density at radius 3 is 2.42 bits per heavy atom. The lowest BCUT2D eigenvalue weighted by molar-refractivity contribution is 0.388. The maximum Gasteiger partial charge on any atom is 0.127 e. The molecular weight excluding hydrogens is 330 g/mol. The van der Waals surface area contributed by atoms with E-state index in [-0.39, 0.29) is 6.04 Å². The minimum Gasteiger partial charge on any atom is -0.497 e. The van der Waals surface area contributed by atoms with Gasteiger partial charge in [-0.3, -0.25) is 4.99 Å². The lowest BCUT2D eigenvalue weighted by Gasteiger charge is -2.27. The third kappa shape index (κ3) is 4.08. The number of ether oxygens (including phenoxy) is 3. The normalized spacial score (nSPS) is 16.6. The molecule has 0 bridgehead atoms. The molecule has 6 heteroatoms. The van der Waals surface area contributed by atoms with Crippen molar-refractivity contribution in [3.8, 4) is 17.2 Å². The molecular formula is C20H25N3O3. The van der Waals surface area contributed by atoms with Gasteiger partial charge in [-0.25, -0.2) is 0 Å². The van der Waals surface area contributed by atoms with Crippen molar-refractivity contribution in [3.63, 3.8) is 0 Å². The summed E-state index contributed by atoms with van der Waals surface area (Å²) in [5.41, 5.74) is 2.20. The highest BCUT2D eigenvalue weighted by atomic mass is 16.5. The quantitative estimate of drug-likeness (QED) is 0.834. The lowest BCUT2D eigenvalue weighted by atomic mass is 10.0. The fourth-order valence-corrected chi connectivity index (χ4v) is 2.98. The third-order valence-corrected chi connectivity index (χ3v) is 4.40. The van der Waals surface area contributed by atoms with Crippen molar-refractivity contribution >= 4 is 5.84 Å². The van der Waals surface area contributed by atoms with Crippen molar-refractivity contribution < 1.29 is 14.2 Å². The van der Waals surface area contributed by atoms with Crippen LogP contribution in [0.1, 0.15) is 17.2 Å². The van der Waals surface area contributed by atoms with E-state index < -0.39 is 0 Å². The molecule has 6 nitrogen and oxygen atoms in total. The number of rotatable bonds is 6. The highest BCUT2D eigenvalue weighted by Gasteiger charge is 2.24. The van der Waals surface area contributed by atoms with E-state index in [2.05, 4.69) is 15.6 Å². The third-order valence-electron chi connectivity index (χ3n) is 4.40. The first-order chi connectivity index (χ1) is 12.7. The van der Waals surface area contributed by atoms with Gasteiger partial charge >= 0.3 is 0 Å². The Morgan fingerprint density at radius 1 is 1.00 bits per heavy atom. The molecule has 0 aliphatic carbocycles. The van der Waals surface area contributed by atoms with Gasteiger partial charge in [0.25, 0.3) is 0 Å². The van der Waals surface area contributed by atoms with Gasteiger partial charge in [-0.1, -0.05) is 12.1 Å². The van der Waals surface area contributed by atoms with Crippen LogP contribution in [-0.2, 0) is 6.54 Å². The SMILES string of the molecule is COc1ccc(CNC2=NCCNC2c2ccc(OC)cc2OC)cc1. The van der Waals surface area contributed by atoms with Crippen LogP contribution in [0.4, 0.5) is 0 Å². The monoisotopic (exact) mass is 355 g/mol. The van der Waals surface area contributed by atoms with Crippen molar-refractivity contribution in [2.75, 3.05) is 34.4 Å². The van der Waals surface area contributed by atoms with E-state index in [0.29, 0.717) is 6.54 Å². The minimum atomic E-state index is -0.0390. The van der Waals surface area contributed by atoms with Crippen LogP contribution in [0, 0.1) is 0 Å². The average Bonchev–Trinajstić information content (AvgIpc) is 2.72. The molecule has 0 radical (unpaired) electrons. The molecule has 0 amide bonds. The second-order valence-corrected chi connectivity index (χ2v) is 5.96. The number of hydrogen-bond acceptors (Lipinski definition) is 6. The molecule has 0 fully saturated rings. The second-order valence-electron chi connectivity index (χ2n) is 5.96. The summed E-state index contributed by atoms with van der Waals surface area (Å²) in [6.07, 6.45) is 0. The van der Waals surface area contributed by atoms with Gasteiger partial charge in [0.1, 0.15) is 23.1 Å². The van der Waals surface area contributed by atoms with Crippen molar-refractivity contribution in [3.05, 3.63) is 53.6 Å². The van der Waals surface area contributed by atoms with Crippen LogP contribution in [0.15, 0.2) is 47.5 Å². The van der Waals surface area contributed by atoms with Crippen LogP contribution in [0.5, 0.6) is 17.2 Å². The maximum absolute atomic E-state index is 5.56. The molecule has 26 heavy (non-hydrogen) atoms. The molecule has 2 aromatic carbocycles. The number of hydrogen-bond donors (Lipinski definition) is 2.